The molecular weight excluding hydrogens is 350 g/mol. The fourth-order valence-electron chi connectivity index (χ4n) is 3.15. The highest BCUT2D eigenvalue weighted by Gasteiger charge is 2.28. The Labute approximate surface area is 148 Å². The summed E-state index contributed by atoms with van der Waals surface area (Å²) in [6.07, 6.45) is 3.10. The van der Waals surface area contributed by atoms with Gasteiger partial charge in [0, 0.05) is 29.3 Å². The number of hydrogen-bond acceptors (Lipinski definition) is 5. The predicted octanol–water partition coefficient (Wildman–Crippen LogP) is 3.56. The number of esters is 1. The number of halogens is 1. The van der Waals surface area contributed by atoms with Crippen molar-refractivity contribution < 1.29 is 17.9 Å². The third kappa shape index (κ3) is 4.63. The largest absolute Gasteiger partial charge is 0.466 e. The van der Waals surface area contributed by atoms with Crippen molar-refractivity contribution in [1.29, 1.82) is 0 Å². The molecule has 1 unspecified atom stereocenters. The third-order valence-corrected chi connectivity index (χ3v) is 6.13. The van der Waals surface area contributed by atoms with Crippen molar-refractivity contribution >= 4 is 31.4 Å². The number of rotatable bonds is 7. The van der Waals surface area contributed by atoms with Gasteiger partial charge in [-0.05, 0) is 49.3 Å². The van der Waals surface area contributed by atoms with E-state index in [0.717, 1.165) is 36.2 Å². The SMILES string of the molecule is CCOC(=O)CCc1cc2c(c(C(CC)S(=O)(=O)Cl)c1)NCCC2. The molecule has 0 saturated carbocycles. The van der Waals surface area contributed by atoms with Gasteiger partial charge in [-0.25, -0.2) is 8.42 Å². The van der Waals surface area contributed by atoms with Gasteiger partial charge < -0.3 is 10.1 Å². The number of hydrogen-bond donors (Lipinski definition) is 1. The van der Waals surface area contributed by atoms with Gasteiger partial charge in [0.25, 0.3) is 0 Å². The molecule has 0 radical (unpaired) electrons. The van der Waals surface area contributed by atoms with Gasteiger partial charge in [0.2, 0.25) is 9.05 Å². The summed E-state index contributed by atoms with van der Waals surface area (Å²) in [6, 6.07) is 3.92. The molecule has 0 aliphatic carbocycles. The molecule has 2 rings (SSSR count). The molecule has 1 N–H and O–H groups in total. The van der Waals surface area contributed by atoms with Gasteiger partial charge in [-0.1, -0.05) is 19.1 Å². The summed E-state index contributed by atoms with van der Waals surface area (Å²) in [7, 11) is 1.95. The number of ether oxygens (including phenoxy) is 1. The Morgan fingerprint density at radius 2 is 2.12 bits per heavy atom. The number of fused-ring (bicyclic) bond motifs is 1. The van der Waals surface area contributed by atoms with Gasteiger partial charge in [0.15, 0.2) is 0 Å². The first-order valence-electron chi connectivity index (χ1n) is 8.35. The molecule has 0 aromatic heterocycles. The van der Waals surface area contributed by atoms with Gasteiger partial charge in [0.1, 0.15) is 5.25 Å². The molecule has 1 atom stereocenters. The van der Waals surface area contributed by atoms with Crippen LogP contribution in [0.2, 0.25) is 0 Å². The third-order valence-electron chi connectivity index (χ3n) is 4.22. The maximum atomic E-state index is 12.0. The average Bonchev–Trinajstić information content (AvgIpc) is 2.52. The summed E-state index contributed by atoms with van der Waals surface area (Å²) in [5.74, 6) is -0.244. The molecule has 134 valence electrons. The molecule has 0 bridgehead atoms. The van der Waals surface area contributed by atoms with E-state index in [9.17, 15) is 13.2 Å². The fraction of sp³-hybridized carbons (Fsp3) is 0.588. The average molecular weight is 374 g/mol. The van der Waals surface area contributed by atoms with Crippen molar-refractivity contribution in [3.8, 4) is 0 Å². The molecule has 1 heterocycles. The van der Waals surface area contributed by atoms with Crippen LogP contribution in [-0.2, 0) is 31.4 Å². The second-order valence-corrected chi connectivity index (χ2v) is 8.74. The summed E-state index contributed by atoms with van der Waals surface area (Å²) < 4.78 is 28.9. The zero-order valence-electron chi connectivity index (χ0n) is 14.1. The minimum atomic E-state index is -3.72. The summed E-state index contributed by atoms with van der Waals surface area (Å²) in [5, 5.41) is 2.57. The summed E-state index contributed by atoms with van der Waals surface area (Å²) >= 11 is 0. The molecule has 24 heavy (non-hydrogen) atoms. The Hall–Kier alpha value is -1.27. The molecule has 1 aromatic rings. The monoisotopic (exact) mass is 373 g/mol. The summed E-state index contributed by atoms with van der Waals surface area (Å²) in [5.41, 5.74) is 3.64. The van der Waals surface area contributed by atoms with Crippen molar-refractivity contribution in [1.82, 2.24) is 0 Å². The quantitative estimate of drug-likeness (QED) is 0.584. The number of nitrogens with one attached hydrogen (secondary N) is 1. The first-order valence-corrected chi connectivity index (χ1v) is 10.7. The van der Waals surface area contributed by atoms with E-state index < -0.39 is 14.3 Å². The Morgan fingerprint density at radius 3 is 2.75 bits per heavy atom. The van der Waals surface area contributed by atoms with Gasteiger partial charge in [-0.3, -0.25) is 4.79 Å². The van der Waals surface area contributed by atoms with Crippen LogP contribution in [0.25, 0.3) is 0 Å². The number of benzene rings is 1. The smallest absolute Gasteiger partial charge is 0.306 e. The van der Waals surface area contributed by atoms with E-state index in [1.54, 1.807) is 6.92 Å². The number of carbonyl (C=O) groups is 1. The number of carbonyl (C=O) groups excluding carboxylic acids is 1. The lowest BCUT2D eigenvalue weighted by Crippen LogP contribution is -2.18. The van der Waals surface area contributed by atoms with Crippen LogP contribution in [-0.4, -0.2) is 27.5 Å². The molecule has 1 aromatic carbocycles. The van der Waals surface area contributed by atoms with Crippen LogP contribution in [0, 0.1) is 0 Å². The Bertz CT molecular complexity index is 703. The lowest BCUT2D eigenvalue weighted by Gasteiger charge is -2.25. The van der Waals surface area contributed by atoms with E-state index in [4.69, 9.17) is 15.4 Å². The van der Waals surface area contributed by atoms with Crippen molar-refractivity contribution in [3.63, 3.8) is 0 Å². The molecule has 0 amide bonds. The van der Waals surface area contributed by atoms with Gasteiger partial charge >= 0.3 is 5.97 Å². The second kappa shape index (κ2) is 8.21. The molecule has 7 heteroatoms. The molecule has 1 aliphatic heterocycles. The van der Waals surface area contributed by atoms with Crippen LogP contribution in [0.15, 0.2) is 12.1 Å². The van der Waals surface area contributed by atoms with Crippen LogP contribution >= 0.6 is 10.7 Å². The Kier molecular flexibility index (Phi) is 6.52. The number of anilines is 1. The van der Waals surface area contributed by atoms with Crippen molar-refractivity contribution in [2.75, 3.05) is 18.5 Å². The highest BCUT2D eigenvalue weighted by molar-refractivity contribution is 8.13. The van der Waals surface area contributed by atoms with Crippen LogP contribution in [0.1, 0.15) is 55.1 Å². The normalized spacial score (nSPS) is 15.3. The lowest BCUT2D eigenvalue weighted by atomic mass is 9.92. The minimum absolute atomic E-state index is 0.244. The maximum Gasteiger partial charge on any atom is 0.306 e. The van der Waals surface area contributed by atoms with Crippen molar-refractivity contribution in [2.24, 2.45) is 0 Å². The van der Waals surface area contributed by atoms with Crippen LogP contribution in [0.3, 0.4) is 0 Å². The minimum Gasteiger partial charge on any atom is -0.466 e. The molecule has 1 aliphatic rings. The maximum absolute atomic E-state index is 12.0. The number of aryl methyl sites for hydroxylation is 2. The first-order chi connectivity index (χ1) is 11.4. The Balaban J connectivity index is 2.37. The topological polar surface area (TPSA) is 72.5 Å². The van der Waals surface area contributed by atoms with E-state index in [1.807, 2.05) is 13.0 Å². The summed E-state index contributed by atoms with van der Waals surface area (Å²) in [4.78, 5) is 11.6. The molecular formula is C17H24ClNO4S. The van der Waals surface area contributed by atoms with Crippen LogP contribution in [0.4, 0.5) is 5.69 Å². The van der Waals surface area contributed by atoms with Gasteiger partial charge in [-0.15, -0.1) is 0 Å². The van der Waals surface area contributed by atoms with Crippen molar-refractivity contribution in [2.45, 2.75) is 51.2 Å². The zero-order valence-corrected chi connectivity index (χ0v) is 15.7. The standard InChI is InChI=1S/C17H24ClNO4S/c1-3-15(24(18,21)22)14-11-12(7-8-16(20)23-4-2)10-13-6-5-9-19-17(13)14/h10-11,15,19H,3-9H2,1-2H3. The Morgan fingerprint density at radius 1 is 1.38 bits per heavy atom. The van der Waals surface area contributed by atoms with Gasteiger partial charge in [-0.2, -0.15) is 0 Å². The highest BCUT2D eigenvalue weighted by atomic mass is 35.7. The van der Waals surface area contributed by atoms with Crippen LogP contribution < -0.4 is 5.32 Å². The van der Waals surface area contributed by atoms with Gasteiger partial charge in [0.05, 0.1) is 6.61 Å². The fourth-order valence-corrected chi connectivity index (χ4v) is 4.70. The molecule has 0 saturated heterocycles. The molecule has 5 nitrogen and oxygen atoms in total. The first kappa shape index (κ1) is 19.1. The zero-order chi connectivity index (χ0) is 17.7. The predicted molar refractivity (Wildman–Crippen MR) is 96.0 cm³/mol. The van der Waals surface area contributed by atoms with Crippen LogP contribution in [0.5, 0.6) is 0 Å². The van der Waals surface area contributed by atoms with E-state index in [2.05, 4.69) is 11.4 Å². The van der Waals surface area contributed by atoms with E-state index in [0.29, 0.717) is 25.0 Å². The second-order valence-electron chi connectivity index (χ2n) is 5.93. The highest BCUT2D eigenvalue weighted by Crippen LogP contribution is 2.38. The molecule has 0 fully saturated rings. The van der Waals surface area contributed by atoms with E-state index >= 15 is 0 Å². The van der Waals surface area contributed by atoms with Crippen molar-refractivity contribution in [3.05, 3.63) is 28.8 Å². The van der Waals surface area contributed by atoms with E-state index in [1.165, 1.54) is 0 Å². The molecule has 0 spiro atoms. The summed E-state index contributed by atoms with van der Waals surface area (Å²) in [6.45, 7) is 4.77. The lowest BCUT2D eigenvalue weighted by molar-refractivity contribution is -0.143. The van der Waals surface area contributed by atoms with E-state index in [-0.39, 0.29) is 12.4 Å².